The molecule has 1 N–H and O–H groups in total. The second kappa shape index (κ2) is 10.7. The Morgan fingerprint density at radius 2 is 2.07 bits per heavy atom. The topological polar surface area (TPSA) is 57.2 Å². The number of rotatable bonds is 7. The molecule has 0 bridgehead atoms. The second-order valence-electron chi connectivity index (χ2n) is 6.75. The Bertz CT molecular complexity index is 630. The van der Waals surface area contributed by atoms with Crippen LogP contribution < -0.4 is 10.2 Å². The van der Waals surface area contributed by atoms with Gasteiger partial charge in [0.25, 0.3) is 0 Å². The predicted octanol–water partition coefficient (Wildman–Crippen LogP) is 2.50. The maximum absolute atomic E-state index is 13.8. The number of hydrogen-bond acceptors (Lipinski definition) is 4. The number of para-hydroxylation sites is 1. The van der Waals surface area contributed by atoms with E-state index in [1.165, 1.54) is 13.2 Å². The third-order valence-electron chi connectivity index (χ3n) is 4.84. The summed E-state index contributed by atoms with van der Waals surface area (Å²) in [4.78, 5) is 20.5. The molecule has 2 rings (SSSR count). The zero-order valence-electron chi connectivity index (χ0n) is 16.6. The fourth-order valence-corrected chi connectivity index (χ4v) is 3.29. The molecule has 1 heterocycles. The van der Waals surface area contributed by atoms with Gasteiger partial charge in [-0.15, -0.1) is 0 Å². The van der Waals surface area contributed by atoms with E-state index in [1.807, 2.05) is 24.9 Å². The molecule has 0 unspecified atom stereocenters. The molecule has 1 fully saturated rings. The number of nitrogens with zero attached hydrogens (tertiary/aromatic N) is 3. The summed E-state index contributed by atoms with van der Waals surface area (Å²) in [7, 11) is 3.34. The van der Waals surface area contributed by atoms with Gasteiger partial charge in [0.15, 0.2) is 5.96 Å². The number of hydrogen-bond donors (Lipinski definition) is 1. The third kappa shape index (κ3) is 6.12. The zero-order chi connectivity index (χ0) is 19.6. The lowest BCUT2D eigenvalue weighted by atomic mass is 9.97. The van der Waals surface area contributed by atoms with Crippen LogP contribution in [0.1, 0.15) is 26.2 Å². The van der Waals surface area contributed by atoms with Crippen LogP contribution in [0.25, 0.3) is 0 Å². The highest BCUT2D eigenvalue weighted by Gasteiger charge is 2.26. The van der Waals surface area contributed by atoms with Crippen LogP contribution in [0.4, 0.5) is 10.1 Å². The summed E-state index contributed by atoms with van der Waals surface area (Å²) >= 11 is 0. The molecule has 1 aromatic carbocycles. The summed E-state index contributed by atoms with van der Waals surface area (Å²) in [5, 5.41) is 3.33. The molecule has 6 nitrogen and oxygen atoms in total. The number of guanidine groups is 1. The van der Waals surface area contributed by atoms with Crippen LogP contribution in [0.2, 0.25) is 0 Å². The minimum Gasteiger partial charge on any atom is -0.469 e. The normalized spacial score (nSPS) is 15.6. The summed E-state index contributed by atoms with van der Waals surface area (Å²) in [6.45, 7) is 5.82. The number of aliphatic imine (C=N–C) groups is 1. The number of piperidine rings is 1. The van der Waals surface area contributed by atoms with Crippen molar-refractivity contribution in [2.45, 2.75) is 26.2 Å². The Hall–Kier alpha value is -2.31. The van der Waals surface area contributed by atoms with Gasteiger partial charge in [0.2, 0.25) is 0 Å². The van der Waals surface area contributed by atoms with E-state index in [1.54, 1.807) is 12.1 Å². The van der Waals surface area contributed by atoms with E-state index in [0.29, 0.717) is 12.2 Å². The monoisotopic (exact) mass is 378 g/mol. The second-order valence-corrected chi connectivity index (χ2v) is 6.75. The summed E-state index contributed by atoms with van der Waals surface area (Å²) in [5.74, 6) is 0.552. The number of esters is 1. The third-order valence-corrected chi connectivity index (χ3v) is 4.84. The predicted molar refractivity (Wildman–Crippen MR) is 107 cm³/mol. The summed E-state index contributed by atoms with van der Waals surface area (Å²) < 4.78 is 18.7. The lowest BCUT2D eigenvalue weighted by Crippen LogP contribution is -2.46. The first-order valence-electron chi connectivity index (χ1n) is 9.63. The first-order valence-corrected chi connectivity index (χ1v) is 9.63. The maximum Gasteiger partial charge on any atom is 0.308 e. The van der Waals surface area contributed by atoms with Gasteiger partial charge in [-0.1, -0.05) is 12.1 Å². The van der Waals surface area contributed by atoms with Gasteiger partial charge >= 0.3 is 5.97 Å². The van der Waals surface area contributed by atoms with Gasteiger partial charge < -0.3 is 19.9 Å². The van der Waals surface area contributed by atoms with Gasteiger partial charge in [-0.25, -0.2) is 4.39 Å². The molecule has 0 atom stereocenters. The average molecular weight is 378 g/mol. The number of anilines is 1. The van der Waals surface area contributed by atoms with Crippen molar-refractivity contribution < 1.29 is 13.9 Å². The number of benzene rings is 1. The lowest BCUT2D eigenvalue weighted by Gasteiger charge is -2.33. The highest BCUT2D eigenvalue weighted by atomic mass is 19.1. The van der Waals surface area contributed by atoms with E-state index < -0.39 is 0 Å². The van der Waals surface area contributed by atoms with Gasteiger partial charge in [0.1, 0.15) is 5.82 Å². The van der Waals surface area contributed by atoms with Gasteiger partial charge in [-0.2, -0.15) is 0 Å². The first-order chi connectivity index (χ1) is 13.1. The molecule has 27 heavy (non-hydrogen) atoms. The number of nitrogens with one attached hydrogen (secondary N) is 1. The van der Waals surface area contributed by atoms with Crippen molar-refractivity contribution in [3.63, 3.8) is 0 Å². The number of halogens is 1. The molecule has 7 heteroatoms. The van der Waals surface area contributed by atoms with Crippen LogP contribution in [-0.2, 0) is 9.53 Å². The van der Waals surface area contributed by atoms with Crippen molar-refractivity contribution >= 4 is 17.6 Å². The number of ether oxygens (including phenoxy) is 1. The molecule has 1 aliphatic rings. The van der Waals surface area contributed by atoms with E-state index in [-0.39, 0.29) is 17.7 Å². The Morgan fingerprint density at radius 1 is 1.37 bits per heavy atom. The molecular formula is C20H31FN4O2. The standard InChI is InChI=1S/C20H31FN4O2/c1-4-22-20(25-14-10-16(11-15-25)19(26)27-3)23-12-7-13-24(2)18-9-6-5-8-17(18)21/h5-6,8-9,16H,4,7,10-15H2,1-3H3,(H,22,23). The fraction of sp³-hybridized carbons (Fsp3) is 0.600. The molecule has 150 valence electrons. The van der Waals surface area contributed by atoms with Gasteiger partial charge in [-0.3, -0.25) is 9.79 Å². The van der Waals surface area contributed by atoms with E-state index in [2.05, 4.69) is 10.2 Å². The van der Waals surface area contributed by atoms with Crippen LogP contribution in [0.3, 0.4) is 0 Å². The minimum absolute atomic E-state index is 0.0106. The maximum atomic E-state index is 13.8. The molecule has 1 aromatic rings. The summed E-state index contributed by atoms with van der Waals surface area (Å²) in [6, 6.07) is 6.80. The summed E-state index contributed by atoms with van der Waals surface area (Å²) in [5.41, 5.74) is 0.610. The van der Waals surface area contributed by atoms with Crippen LogP contribution in [-0.4, -0.2) is 63.7 Å². The van der Waals surface area contributed by atoms with Crippen molar-refractivity contribution in [3.05, 3.63) is 30.1 Å². The van der Waals surface area contributed by atoms with Gasteiger partial charge in [0.05, 0.1) is 18.7 Å². The number of methoxy groups -OCH3 is 1. The van der Waals surface area contributed by atoms with Gasteiger partial charge in [-0.05, 0) is 38.3 Å². The van der Waals surface area contributed by atoms with E-state index >= 15 is 0 Å². The van der Waals surface area contributed by atoms with Crippen LogP contribution in [0, 0.1) is 11.7 Å². The summed E-state index contributed by atoms with van der Waals surface area (Å²) in [6.07, 6.45) is 2.40. The Morgan fingerprint density at radius 3 is 2.70 bits per heavy atom. The van der Waals surface area contributed by atoms with Gasteiger partial charge in [0, 0.05) is 39.8 Å². The number of carbonyl (C=O) groups excluding carboxylic acids is 1. The zero-order valence-corrected chi connectivity index (χ0v) is 16.6. The molecule has 0 radical (unpaired) electrons. The number of likely N-dealkylation sites (tertiary alicyclic amines) is 1. The molecule has 1 saturated heterocycles. The average Bonchev–Trinajstić information content (AvgIpc) is 2.70. The van der Waals surface area contributed by atoms with Crippen LogP contribution in [0.15, 0.2) is 29.3 Å². The lowest BCUT2D eigenvalue weighted by molar-refractivity contribution is -0.146. The molecular weight excluding hydrogens is 347 g/mol. The largest absolute Gasteiger partial charge is 0.469 e. The molecule has 0 saturated carbocycles. The van der Waals surface area contributed by atoms with E-state index in [0.717, 1.165) is 51.4 Å². The Labute approximate surface area is 161 Å². The first kappa shape index (κ1) is 21.0. The fourth-order valence-electron chi connectivity index (χ4n) is 3.29. The minimum atomic E-state index is -0.203. The molecule has 0 aromatic heterocycles. The smallest absolute Gasteiger partial charge is 0.308 e. The van der Waals surface area contributed by atoms with E-state index in [9.17, 15) is 9.18 Å². The molecule has 0 spiro atoms. The number of carbonyl (C=O) groups is 1. The van der Waals surface area contributed by atoms with Crippen molar-refractivity contribution in [2.24, 2.45) is 10.9 Å². The van der Waals surface area contributed by atoms with Crippen molar-refractivity contribution in [2.75, 3.05) is 51.8 Å². The molecule has 0 aliphatic carbocycles. The van der Waals surface area contributed by atoms with Crippen LogP contribution >= 0.6 is 0 Å². The molecule has 0 amide bonds. The van der Waals surface area contributed by atoms with Crippen molar-refractivity contribution in [1.82, 2.24) is 10.2 Å². The Balaban J connectivity index is 1.83. The quantitative estimate of drug-likeness (QED) is 0.342. The highest BCUT2D eigenvalue weighted by molar-refractivity contribution is 5.80. The Kier molecular flexibility index (Phi) is 8.36. The van der Waals surface area contributed by atoms with Crippen LogP contribution in [0.5, 0.6) is 0 Å². The van der Waals surface area contributed by atoms with Crippen molar-refractivity contribution in [1.29, 1.82) is 0 Å². The molecule has 1 aliphatic heterocycles. The SMILES string of the molecule is CCNC(=NCCCN(C)c1ccccc1F)N1CCC(C(=O)OC)CC1. The van der Waals surface area contributed by atoms with Crippen molar-refractivity contribution in [3.8, 4) is 0 Å². The highest BCUT2D eigenvalue weighted by Crippen LogP contribution is 2.19. The van der Waals surface area contributed by atoms with E-state index in [4.69, 9.17) is 9.73 Å².